The number of halogens is 2. The van der Waals surface area contributed by atoms with E-state index in [1.807, 2.05) is 42.2 Å². The second-order valence-electron chi connectivity index (χ2n) is 5.50. The lowest BCUT2D eigenvalue weighted by Gasteiger charge is -2.37. The van der Waals surface area contributed by atoms with E-state index >= 15 is 0 Å². The molecule has 2 aromatic rings. The van der Waals surface area contributed by atoms with Gasteiger partial charge in [0.2, 0.25) is 0 Å². The van der Waals surface area contributed by atoms with Crippen LogP contribution in [0.2, 0.25) is 0 Å². The summed E-state index contributed by atoms with van der Waals surface area (Å²) in [7, 11) is 1.67. The Morgan fingerprint density at radius 3 is 2.83 bits per heavy atom. The second-order valence-corrected chi connectivity index (χ2v) is 8.08. The quantitative estimate of drug-likeness (QED) is 0.797. The molecule has 7 heteroatoms. The molecule has 1 N–H and O–H groups in total. The molecule has 0 radical (unpaired) electrons. The molecular formula is C17H20BrClN2O2S. The minimum absolute atomic E-state index is 0. The summed E-state index contributed by atoms with van der Waals surface area (Å²) < 4.78 is 6.39. The molecule has 130 valence electrons. The molecule has 1 saturated heterocycles. The van der Waals surface area contributed by atoms with E-state index in [1.165, 1.54) is 0 Å². The highest BCUT2D eigenvalue weighted by atomic mass is 79.9. The van der Waals surface area contributed by atoms with E-state index < -0.39 is 0 Å². The maximum atomic E-state index is 13.1. The normalized spacial score (nSPS) is 17.3. The van der Waals surface area contributed by atoms with Crippen LogP contribution in [0.4, 0.5) is 0 Å². The molecule has 0 aliphatic carbocycles. The highest BCUT2D eigenvalue weighted by Crippen LogP contribution is 2.34. The van der Waals surface area contributed by atoms with Gasteiger partial charge in [-0.15, -0.1) is 23.7 Å². The third-order valence-corrected chi connectivity index (χ3v) is 5.79. The van der Waals surface area contributed by atoms with Crippen LogP contribution < -0.4 is 10.1 Å². The number of thiophene rings is 1. The van der Waals surface area contributed by atoms with E-state index in [-0.39, 0.29) is 24.4 Å². The zero-order valence-electron chi connectivity index (χ0n) is 13.5. The summed E-state index contributed by atoms with van der Waals surface area (Å²) in [4.78, 5) is 16.1. The van der Waals surface area contributed by atoms with Gasteiger partial charge in [0.15, 0.2) is 0 Å². The number of amides is 1. The molecule has 24 heavy (non-hydrogen) atoms. The van der Waals surface area contributed by atoms with Crippen LogP contribution in [0, 0.1) is 6.92 Å². The lowest BCUT2D eigenvalue weighted by molar-refractivity contribution is 0.0631. The maximum Gasteiger partial charge on any atom is 0.256 e. The average Bonchev–Trinajstić information content (AvgIpc) is 2.92. The number of nitrogens with one attached hydrogen (secondary N) is 1. The summed E-state index contributed by atoms with van der Waals surface area (Å²) in [6, 6.07) is 9.84. The molecule has 1 aromatic heterocycles. The van der Waals surface area contributed by atoms with Gasteiger partial charge >= 0.3 is 0 Å². The smallest absolute Gasteiger partial charge is 0.256 e. The van der Waals surface area contributed by atoms with Gasteiger partial charge in [-0.1, -0.05) is 18.2 Å². The number of carbonyl (C=O) groups excluding carboxylic acids is 1. The van der Waals surface area contributed by atoms with Crippen molar-refractivity contribution in [1.82, 2.24) is 10.2 Å². The lowest BCUT2D eigenvalue weighted by Crippen LogP contribution is -2.48. The highest BCUT2D eigenvalue weighted by Gasteiger charge is 2.31. The molecule has 1 amide bonds. The number of piperazine rings is 1. The van der Waals surface area contributed by atoms with Crippen molar-refractivity contribution in [1.29, 1.82) is 0 Å². The number of aryl methyl sites for hydroxylation is 1. The van der Waals surface area contributed by atoms with Crippen molar-refractivity contribution in [2.45, 2.75) is 13.0 Å². The number of ether oxygens (including phenoxy) is 1. The van der Waals surface area contributed by atoms with E-state index in [2.05, 4.69) is 21.2 Å². The van der Waals surface area contributed by atoms with Crippen LogP contribution in [0.1, 0.15) is 26.8 Å². The number of nitrogens with zero attached hydrogens (tertiary/aromatic N) is 1. The zero-order chi connectivity index (χ0) is 16.4. The number of carbonyl (C=O) groups is 1. The summed E-state index contributed by atoms with van der Waals surface area (Å²) in [5, 5.41) is 3.38. The summed E-state index contributed by atoms with van der Waals surface area (Å²) >= 11 is 5.11. The predicted octanol–water partition coefficient (Wildman–Crippen LogP) is 4.04. The van der Waals surface area contributed by atoms with Crippen LogP contribution in [0.25, 0.3) is 0 Å². The maximum absolute atomic E-state index is 13.1. The van der Waals surface area contributed by atoms with Gasteiger partial charge in [-0.25, -0.2) is 0 Å². The monoisotopic (exact) mass is 430 g/mol. The molecule has 0 spiro atoms. The van der Waals surface area contributed by atoms with Gasteiger partial charge in [0.25, 0.3) is 5.91 Å². The molecule has 0 saturated carbocycles. The molecule has 1 aliphatic heterocycles. The van der Waals surface area contributed by atoms with E-state index in [0.717, 1.165) is 38.6 Å². The van der Waals surface area contributed by atoms with Gasteiger partial charge < -0.3 is 15.0 Å². The molecule has 1 fully saturated rings. The Morgan fingerprint density at radius 1 is 1.42 bits per heavy atom. The van der Waals surface area contributed by atoms with Crippen LogP contribution in [0.3, 0.4) is 0 Å². The first-order valence-electron chi connectivity index (χ1n) is 7.52. The average molecular weight is 432 g/mol. The first-order chi connectivity index (χ1) is 11.1. The number of hydrogen-bond acceptors (Lipinski definition) is 4. The minimum atomic E-state index is -0.0282. The van der Waals surface area contributed by atoms with Crippen LogP contribution in [-0.4, -0.2) is 37.6 Å². The summed E-state index contributed by atoms with van der Waals surface area (Å²) in [6.45, 7) is 4.23. The Morgan fingerprint density at radius 2 is 2.17 bits per heavy atom. The topological polar surface area (TPSA) is 41.6 Å². The van der Waals surface area contributed by atoms with Crippen LogP contribution >= 0.6 is 39.7 Å². The SMILES string of the molecule is COc1ccccc1C1CNCCN1C(=O)c1cc(C)sc1Br.Cl. The largest absolute Gasteiger partial charge is 0.496 e. The molecular weight excluding hydrogens is 412 g/mol. The molecule has 2 heterocycles. The molecule has 4 nitrogen and oxygen atoms in total. The second kappa shape index (κ2) is 8.34. The van der Waals surface area contributed by atoms with E-state index in [9.17, 15) is 4.79 Å². The minimum Gasteiger partial charge on any atom is -0.496 e. The molecule has 0 bridgehead atoms. The molecule has 1 unspecified atom stereocenters. The summed E-state index contributed by atoms with van der Waals surface area (Å²) in [6.07, 6.45) is 0. The van der Waals surface area contributed by atoms with Crippen molar-refractivity contribution in [3.63, 3.8) is 0 Å². The Labute approximate surface area is 160 Å². The van der Waals surface area contributed by atoms with Gasteiger partial charge in [-0.2, -0.15) is 0 Å². The number of para-hydroxylation sites is 1. The van der Waals surface area contributed by atoms with Crippen LogP contribution in [0.5, 0.6) is 5.75 Å². The van der Waals surface area contributed by atoms with Gasteiger partial charge in [-0.05, 0) is 35.0 Å². The first-order valence-corrected chi connectivity index (χ1v) is 9.13. The third-order valence-electron chi connectivity index (χ3n) is 4.04. The third kappa shape index (κ3) is 3.77. The Balaban J connectivity index is 0.00000208. The summed E-state index contributed by atoms with van der Waals surface area (Å²) in [5.41, 5.74) is 1.79. The van der Waals surface area contributed by atoms with Gasteiger partial charge in [-0.3, -0.25) is 4.79 Å². The van der Waals surface area contributed by atoms with Crippen LogP contribution in [-0.2, 0) is 0 Å². The number of benzene rings is 1. The molecule has 1 atom stereocenters. The van der Waals surface area contributed by atoms with Crippen molar-refractivity contribution in [2.24, 2.45) is 0 Å². The number of rotatable bonds is 3. The molecule has 3 rings (SSSR count). The van der Waals surface area contributed by atoms with E-state index in [0.29, 0.717) is 6.54 Å². The van der Waals surface area contributed by atoms with Crippen LogP contribution in [0.15, 0.2) is 34.1 Å². The fourth-order valence-electron chi connectivity index (χ4n) is 2.95. The van der Waals surface area contributed by atoms with Crippen molar-refractivity contribution >= 4 is 45.6 Å². The highest BCUT2D eigenvalue weighted by molar-refractivity contribution is 9.11. The Bertz CT molecular complexity index is 722. The van der Waals surface area contributed by atoms with Gasteiger partial charge in [0.05, 0.1) is 22.5 Å². The Hall–Kier alpha value is -1.08. The first kappa shape index (κ1) is 19.2. The van der Waals surface area contributed by atoms with E-state index in [1.54, 1.807) is 18.4 Å². The van der Waals surface area contributed by atoms with Gasteiger partial charge in [0.1, 0.15) is 5.75 Å². The fraction of sp³-hybridized carbons (Fsp3) is 0.353. The van der Waals surface area contributed by atoms with Crippen molar-refractivity contribution < 1.29 is 9.53 Å². The van der Waals surface area contributed by atoms with Crippen molar-refractivity contribution in [2.75, 3.05) is 26.7 Å². The number of hydrogen-bond donors (Lipinski definition) is 1. The zero-order valence-corrected chi connectivity index (χ0v) is 16.8. The van der Waals surface area contributed by atoms with Crippen molar-refractivity contribution in [3.05, 3.63) is 50.1 Å². The molecule has 1 aromatic carbocycles. The summed E-state index contributed by atoms with van der Waals surface area (Å²) in [5.74, 6) is 0.887. The lowest BCUT2D eigenvalue weighted by atomic mass is 10.0. The van der Waals surface area contributed by atoms with Gasteiger partial charge in [0, 0.05) is 30.1 Å². The fourth-order valence-corrected chi connectivity index (χ4v) is 4.72. The standard InChI is InChI=1S/C17H19BrN2O2S.ClH/c1-11-9-13(16(18)23-11)17(21)20-8-7-19-10-14(20)12-5-3-4-6-15(12)22-2;/h3-6,9,14,19H,7-8,10H2,1-2H3;1H. The Kier molecular flexibility index (Phi) is 6.69. The molecule has 1 aliphatic rings. The number of methoxy groups -OCH3 is 1. The van der Waals surface area contributed by atoms with E-state index in [4.69, 9.17) is 4.74 Å². The predicted molar refractivity (Wildman–Crippen MR) is 104 cm³/mol. The van der Waals surface area contributed by atoms with Crippen molar-refractivity contribution in [3.8, 4) is 5.75 Å².